The van der Waals surface area contributed by atoms with Crippen molar-refractivity contribution in [2.24, 2.45) is 5.73 Å². The van der Waals surface area contributed by atoms with Gasteiger partial charge in [-0.1, -0.05) is 26.0 Å². The van der Waals surface area contributed by atoms with Gasteiger partial charge >= 0.3 is 0 Å². The molecule has 1 aromatic carbocycles. The van der Waals surface area contributed by atoms with Gasteiger partial charge in [0.25, 0.3) is 0 Å². The molecule has 1 atom stereocenters. The molecule has 0 bridgehead atoms. The van der Waals surface area contributed by atoms with Gasteiger partial charge in [-0.05, 0) is 31.9 Å². The molecule has 0 fully saturated rings. The molecule has 2 aromatic heterocycles. The Balaban J connectivity index is 2.28. The monoisotopic (exact) mass is 396 g/mol. The largest absolute Gasteiger partial charge is 0.398 e. The topological polar surface area (TPSA) is 105 Å². The highest BCUT2D eigenvalue weighted by atomic mass is 32.1. The number of anilines is 2. The molecule has 6 nitrogen and oxygen atoms in total. The molecular formula is C21H28N6S. The summed E-state index contributed by atoms with van der Waals surface area (Å²) in [6.07, 6.45) is 3.35. The smallest absolute Gasteiger partial charge is 0.162 e. The van der Waals surface area contributed by atoms with Gasteiger partial charge in [0.1, 0.15) is 0 Å². The SMILES string of the molecule is CCCN(CCC)c1nc(-c2cccc(N)c2C=N)nc2cc(C(C)N)sc12. The lowest BCUT2D eigenvalue weighted by Crippen LogP contribution is -2.26. The molecule has 3 rings (SSSR count). The summed E-state index contributed by atoms with van der Waals surface area (Å²) in [5.74, 6) is 1.54. The van der Waals surface area contributed by atoms with Crippen molar-refractivity contribution in [1.82, 2.24) is 9.97 Å². The van der Waals surface area contributed by atoms with Crippen molar-refractivity contribution in [2.45, 2.75) is 39.7 Å². The van der Waals surface area contributed by atoms with Gasteiger partial charge in [0, 0.05) is 47.0 Å². The Kier molecular flexibility index (Phi) is 6.26. The number of hydrogen-bond acceptors (Lipinski definition) is 7. The van der Waals surface area contributed by atoms with Crippen LogP contribution in [0.2, 0.25) is 0 Å². The molecule has 0 amide bonds. The van der Waals surface area contributed by atoms with E-state index in [0.29, 0.717) is 17.1 Å². The summed E-state index contributed by atoms with van der Waals surface area (Å²) in [4.78, 5) is 13.2. The summed E-state index contributed by atoms with van der Waals surface area (Å²) < 4.78 is 1.07. The van der Waals surface area contributed by atoms with Crippen molar-refractivity contribution >= 4 is 39.3 Å². The van der Waals surface area contributed by atoms with E-state index in [0.717, 1.165) is 52.4 Å². The Morgan fingerprint density at radius 1 is 1.21 bits per heavy atom. The lowest BCUT2D eigenvalue weighted by molar-refractivity contribution is 0.737. The molecule has 1 unspecified atom stereocenters. The first-order valence-corrected chi connectivity index (χ1v) is 10.5. The predicted octanol–water partition coefficient (Wildman–Crippen LogP) is 4.58. The van der Waals surface area contributed by atoms with Crippen molar-refractivity contribution in [1.29, 1.82) is 5.41 Å². The van der Waals surface area contributed by atoms with Gasteiger partial charge < -0.3 is 21.8 Å². The molecule has 2 heterocycles. The second-order valence-corrected chi connectivity index (χ2v) is 8.05. The lowest BCUT2D eigenvalue weighted by Gasteiger charge is -2.23. The fourth-order valence-electron chi connectivity index (χ4n) is 3.30. The van der Waals surface area contributed by atoms with Crippen LogP contribution in [0, 0.1) is 5.41 Å². The first-order chi connectivity index (χ1) is 13.5. The van der Waals surface area contributed by atoms with E-state index in [1.807, 2.05) is 19.1 Å². The zero-order valence-electron chi connectivity index (χ0n) is 16.7. The Bertz CT molecular complexity index is 972. The Hall–Kier alpha value is -2.51. The quantitative estimate of drug-likeness (QED) is 0.382. The number of nitrogen functional groups attached to an aromatic ring is 1. The zero-order valence-corrected chi connectivity index (χ0v) is 17.5. The standard InChI is InChI=1S/C21H28N6S/c1-4-9-27(10-5-2)21-19-17(11-18(28-19)13(3)23)25-20(26-21)14-7-6-8-16(24)15(14)12-22/h6-8,11-13,22H,4-5,9-10,23-24H2,1-3H3. The minimum absolute atomic E-state index is 0.0502. The third kappa shape index (κ3) is 3.86. The van der Waals surface area contributed by atoms with Crippen LogP contribution in [0.1, 0.15) is 50.1 Å². The molecule has 0 saturated carbocycles. The highest BCUT2D eigenvalue weighted by molar-refractivity contribution is 7.19. The van der Waals surface area contributed by atoms with Crippen LogP contribution in [-0.2, 0) is 0 Å². The highest BCUT2D eigenvalue weighted by Gasteiger charge is 2.20. The summed E-state index contributed by atoms with van der Waals surface area (Å²) >= 11 is 1.67. The summed E-state index contributed by atoms with van der Waals surface area (Å²) in [6, 6.07) is 7.60. The molecule has 0 radical (unpaired) electrons. The summed E-state index contributed by atoms with van der Waals surface area (Å²) in [5.41, 5.74) is 15.1. The van der Waals surface area contributed by atoms with E-state index < -0.39 is 0 Å². The average Bonchev–Trinajstić information content (AvgIpc) is 3.11. The molecule has 0 saturated heterocycles. The van der Waals surface area contributed by atoms with Crippen LogP contribution < -0.4 is 16.4 Å². The van der Waals surface area contributed by atoms with Crippen LogP contribution in [0.3, 0.4) is 0 Å². The van der Waals surface area contributed by atoms with E-state index >= 15 is 0 Å². The summed E-state index contributed by atoms with van der Waals surface area (Å²) in [5, 5.41) is 7.78. The molecule has 3 aromatic rings. The van der Waals surface area contributed by atoms with Crippen molar-refractivity contribution in [3.05, 3.63) is 34.7 Å². The van der Waals surface area contributed by atoms with Crippen LogP contribution in [0.5, 0.6) is 0 Å². The molecule has 7 heteroatoms. The van der Waals surface area contributed by atoms with Crippen LogP contribution in [0.15, 0.2) is 24.3 Å². The maximum atomic E-state index is 7.78. The van der Waals surface area contributed by atoms with E-state index in [-0.39, 0.29) is 6.04 Å². The lowest BCUT2D eigenvalue weighted by atomic mass is 10.1. The average molecular weight is 397 g/mol. The van der Waals surface area contributed by atoms with Crippen molar-refractivity contribution in [3.8, 4) is 11.4 Å². The normalized spacial score (nSPS) is 12.3. The molecule has 0 spiro atoms. The van der Waals surface area contributed by atoms with Gasteiger partial charge in [-0.2, -0.15) is 0 Å². The second kappa shape index (κ2) is 8.67. The molecule has 0 aliphatic carbocycles. The number of fused-ring (bicyclic) bond motifs is 1. The zero-order chi connectivity index (χ0) is 20.3. The molecule has 28 heavy (non-hydrogen) atoms. The van der Waals surface area contributed by atoms with Crippen LogP contribution >= 0.6 is 11.3 Å². The fraction of sp³-hybridized carbons (Fsp3) is 0.381. The van der Waals surface area contributed by atoms with Crippen LogP contribution in [0.4, 0.5) is 11.5 Å². The van der Waals surface area contributed by atoms with E-state index in [4.69, 9.17) is 26.8 Å². The van der Waals surface area contributed by atoms with Gasteiger partial charge in [0.2, 0.25) is 0 Å². The number of hydrogen-bond donors (Lipinski definition) is 3. The first-order valence-electron chi connectivity index (χ1n) is 9.71. The Morgan fingerprint density at radius 2 is 1.93 bits per heavy atom. The van der Waals surface area contributed by atoms with E-state index in [1.54, 1.807) is 17.4 Å². The van der Waals surface area contributed by atoms with Gasteiger partial charge in [-0.15, -0.1) is 11.3 Å². The van der Waals surface area contributed by atoms with Gasteiger partial charge in [-0.25, -0.2) is 9.97 Å². The van der Waals surface area contributed by atoms with Gasteiger partial charge in [0.15, 0.2) is 11.6 Å². The fourth-order valence-corrected chi connectivity index (χ4v) is 4.36. The van der Waals surface area contributed by atoms with Crippen molar-refractivity contribution in [2.75, 3.05) is 23.7 Å². The molecule has 0 aliphatic heterocycles. The number of rotatable bonds is 8. The molecule has 5 N–H and O–H groups in total. The Labute approximate surface area is 170 Å². The minimum Gasteiger partial charge on any atom is -0.398 e. The number of nitrogens with zero attached hydrogens (tertiary/aromatic N) is 3. The number of thiophene rings is 1. The maximum absolute atomic E-state index is 7.78. The molecule has 148 valence electrons. The van der Waals surface area contributed by atoms with E-state index in [1.165, 1.54) is 6.21 Å². The van der Waals surface area contributed by atoms with Gasteiger partial charge in [-0.3, -0.25) is 0 Å². The van der Waals surface area contributed by atoms with E-state index in [2.05, 4.69) is 24.8 Å². The maximum Gasteiger partial charge on any atom is 0.162 e. The number of nitrogens with two attached hydrogens (primary N) is 2. The third-order valence-corrected chi connectivity index (χ3v) is 5.95. The van der Waals surface area contributed by atoms with E-state index in [9.17, 15) is 0 Å². The number of benzene rings is 1. The van der Waals surface area contributed by atoms with Gasteiger partial charge in [0.05, 0.1) is 10.2 Å². The first kappa shape index (κ1) is 20.2. The minimum atomic E-state index is -0.0502. The highest BCUT2D eigenvalue weighted by Crippen LogP contribution is 2.37. The summed E-state index contributed by atoms with van der Waals surface area (Å²) in [7, 11) is 0. The third-order valence-electron chi connectivity index (χ3n) is 4.63. The second-order valence-electron chi connectivity index (χ2n) is 6.96. The van der Waals surface area contributed by atoms with Crippen molar-refractivity contribution in [3.63, 3.8) is 0 Å². The van der Waals surface area contributed by atoms with Crippen LogP contribution in [0.25, 0.3) is 21.6 Å². The molecule has 0 aliphatic rings. The predicted molar refractivity (Wildman–Crippen MR) is 121 cm³/mol. The Morgan fingerprint density at radius 3 is 2.54 bits per heavy atom. The molecular weight excluding hydrogens is 368 g/mol. The number of aromatic nitrogens is 2. The van der Waals surface area contributed by atoms with Crippen LogP contribution in [-0.4, -0.2) is 29.3 Å². The number of nitrogens with one attached hydrogen (secondary N) is 1. The van der Waals surface area contributed by atoms with Crippen molar-refractivity contribution < 1.29 is 0 Å². The summed E-state index contributed by atoms with van der Waals surface area (Å²) in [6.45, 7) is 8.20.